The van der Waals surface area contributed by atoms with Crippen LogP contribution in [0, 0.1) is 0 Å². The zero-order valence-electron chi connectivity index (χ0n) is 16.9. The Morgan fingerprint density at radius 1 is 1.09 bits per heavy atom. The third kappa shape index (κ3) is 4.31. The Balaban J connectivity index is 1.75. The topological polar surface area (TPSA) is 121 Å². The van der Waals surface area contributed by atoms with Gasteiger partial charge >= 0.3 is 12.1 Å². The SMILES string of the molecule is CCOC(=O)Nc1cc(OC(=O)c2cccnc2)ccc1-c1coc2ncccc2c1=O. The highest BCUT2D eigenvalue weighted by Gasteiger charge is 2.17. The fraction of sp³-hybridized carbons (Fsp3) is 0.0870. The van der Waals surface area contributed by atoms with Crippen molar-refractivity contribution in [3.63, 3.8) is 0 Å². The van der Waals surface area contributed by atoms with Gasteiger partial charge in [-0.3, -0.25) is 15.1 Å². The lowest BCUT2D eigenvalue weighted by Crippen LogP contribution is -2.16. The quantitative estimate of drug-likeness (QED) is 0.371. The lowest BCUT2D eigenvalue weighted by atomic mass is 10.0. The molecule has 1 amide bonds. The number of carbonyl (C=O) groups is 2. The van der Waals surface area contributed by atoms with Gasteiger partial charge in [-0.1, -0.05) is 0 Å². The maximum Gasteiger partial charge on any atom is 0.411 e. The maximum atomic E-state index is 13.0. The number of nitrogens with one attached hydrogen (secondary N) is 1. The summed E-state index contributed by atoms with van der Waals surface area (Å²) in [6, 6.07) is 10.9. The fourth-order valence-corrected chi connectivity index (χ4v) is 3.01. The largest absolute Gasteiger partial charge is 0.450 e. The van der Waals surface area contributed by atoms with Crippen LogP contribution < -0.4 is 15.5 Å². The molecule has 4 rings (SSSR count). The molecule has 0 atom stereocenters. The molecule has 9 heteroatoms. The monoisotopic (exact) mass is 431 g/mol. The first-order valence-electron chi connectivity index (χ1n) is 9.63. The summed E-state index contributed by atoms with van der Waals surface area (Å²) in [7, 11) is 0. The number of hydrogen-bond donors (Lipinski definition) is 1. The average molecular weight is 431 g/mol. The number of benzene rings is 1. The predicted octanol–water partition coefficient (Wildman–Crippen LogP) is 4.04. The first-order chi connectivity index (χ1) is 15.6. The summed E-state index contributed by atoms with van der Waals surface area (Å²) in [6.45, 7) is 1.82. The van der Waals surface area contributed by atoms with Crippen molar-refractivity contribution < 1.29 is 23.5 Å². The van der Waals surface area contributed by atoms with Crippen LogP contribution in [0.25, 0.3) is 22.2 Å². The van der Waals surface area contributed by atoms with E-state index in [9.17, 15) is 14.4 Å². The molecule has 0 spiro atoms. The van der Waals surface area contributed by atoms with E-state index in [1.54, 1.807) is 37.3 Å². The second kappa shape index (κ2) is 9.09. The molecule has 0 fully saturated rings. The Labute approximate surface area is 181 Å². The zero-order chi connectivity index (χ0) is 22.5. The molecular weight excluding hydrogens is 414 g/mol. The van der Waals surface area contributed by atoms with Gasteiger partial charge in [-0.25, -0.2) is 14.6 Å². The van der Waals surface area contributed by atoms with E-state index in [-0.39, 0.29) is 40.3 Å². The van der Waals surface area contributed by atoms with Crippen molar-refractivity contribution in [3.8, 4) is 16.9 Å². The third-order valence-corrected chi connectivity index (χ3v) is 4.45. The van der Waals surface area contributed by atoms with E-state index < -0.39 is 12.1 Å². The Kier molecular flexibility index (Phi) is 5.89. The number of ether oxygens (including phenoxy) is 2. The minimum atomic E-state index is -0.726. The lowest BCUT2D eigenvalue weighted by molar-refractivity contribution is 0.0734. The summed E-state index contributed by atoms with van der Waals surface area (Å²) >= 11 is 0. The minimum Gasteiger partial charge on any atom is -0.450 e. The smallest absolute Gasteiger partial charge is 0.411 e. The van der Waals surface area contributed by atoms with Crippen LogP contribution in [0.3, 0.4) is 0 Å². The Bertz CT molecular complexity index is 1350. The standard InChI is InChI=1S/C23H17N3O6/c1-2-30-23(29)26-19-11-15(32-22(28)14-5-3-9-24-12-14)7-8-16(19)18-13-31-21-17(20(18)27)6-4-10-25-21/h3-13H,2H2,1H3,(H,26,29). The van der Waals surface area contributed by atoms with Crippen LogP contribution in [-0.4, -0.2) is 28.6 Å². The predicted molar refractivity (Wildman–Crippen MR) is 116 cm³/mol. The summed E-state index contributed by atoms with van der Waals surface area (Å²) in [6.07, 6.45) is 4.98. The van der Waals surface area contributed by atoms with E-state index in [1.165, 1.54) is 37.0 Å². The van der Waals surface area contributed by atoms with Gasteiger partial charge in [0.15, 0.2) is 0 Å². The van der Waals surface area contributed by atoms with Gasteiger partial charge in [-0.15, -0.1) is 0 Å². The molecule has 0 radical (unpaired) electrons. The summed E-state index contributed by atoms with van der Waals surface area (Å²) in [5.41, 5.74) is 0.894. The van der Waals surface area contributed by atoms with Gasteiger partial charge in [-0.05, 0) is 43.3 Å². The van der Waals surface area contributed by atoms with Crippen LogP contribution in [0.2, 0.25) is 0 Å². The molecule has 0 aliphatic heterocycles. The van der Waals surface area contributed by atoms with Crippen molar-refractivity contribution in [3.05, 3.63) is 83.1 Å². The van der Waals surface area contributed by atoms with Crippen molar-refractivity contribution in [2.24, 2.45) is 0 Å². The van der Waals surface area contributed by atoms with Gasteiger partial charge in [-0.2, -0.15) is 0 Å². The molecule has 0 unspecified atom stereocenters. The van der Waals surface area contributed by atoms with E-state index in [4.69, 9.17) is 13.9 Å². The molecule has 3 heterocycles. The van der Waals surface area contributed by atoms with Gasteiger partial charge in [0.25, 0.3) is 0 Å². The number of anilines is 1. The zero-order valence-corrected chi connectivity index (χ0v) is 16.9. The van der Waals surface area contributed by atoms with Crippen LogP contribution >= 0.6 is 0 Å². The molecule has 160 valence electrons. The third-order valence-electron chi connectivity index (χ3n) is 4.45. The first-order valence-corrected chi connectivity index (χ1v) is 9.63. The number of rotatable bonds is 5. The van der Waals surface area contributed by atoms with E-state index in [0.717, 1.165) is 0 Å². The summed E-state index contributed by atoms with van der Waals surface area (Å²) in [4.78, 5) is 45.4. The number of carbonyl (C=O) groups excluding carboxylic acids is 2. The Hall–Kier alpha value is -4.53. The van der Waals surface area contributed by atoms with Crippen LogP contribution in [0.15, 0.2) is 76.5 Å². The van der Waals surface area contributed by atoms with Crippen LogP contribution in [0.4, 0.5) is 10.5 Å². The highest BCUT2D eigenvalue weighted by atomic mass is 16.5. The van der Waals surface area contributed by atoms with E-state index in [2.05, 4.69) is 15.3 Å². The Morgan fingerprint density at radius 3 is 2.72 bits per heavy atom. The van der Waals surface area contributed by atoms with Crippen molar-refractivity contribution in [1.29, 1.82) is 0 Å². The van der Waals surface area contributed by atoms with Crippen molar-refractivity contribution in [2.75, 3.05) is 11.9 Å². The summed E-state index contributed by atoms with van der Waals surface area (Å²) in [5.74, 6) is -0.467. The molecule has 0 bridgehead atoms. The first kappa shape index (κ1) is 20.7. The van der Waals surface area contributed by atoms with Crippen LogP contribution in [-0.2, 0) is 4.74 Å². The molecule has 1 N–H and O–H groups in total. The van der Waals surface area contributed by atoms with Gasteiger partial charge in [0, 0.05) is 30.2 Å². The second-order valence-electron chi connectivity index (χ2n) is 6.52. The fourth-order valence-electron chi connectivity index (χ4n) is 3.01. The molecule has 0 aliphatic rings. The molecule has 1 aromatic carbocycles. The maximum absolute atomic E-state index is 13.0. The highest BCUT2D eigenvalue weighted by molar-refractivity contribution is 5.94. The number of hydrogen-bond acceptors (Lipinski definition) is 8. The van der Waals surface area contributed by atoms with Crippen LogP contribution in [0.5, 0.6) is 5.75 Å². The van der Waals surface area contributed by atoms with Crippen LogP contribution in [0.1, 0.15) is 17.3 Å². The number of aromatic nitrogens is 2. The molecular formula is C23H17N3O6. The molecule has 0 saturated carbocycles. The Morgan fingerprint density at radius 2 is 1.94 bits per heavy atom. The van der Waals surface area contributed by atoms with Gasteiger partial charge in [0.05, 0.1) is 28.8 Å². The highest BCUT2D eigenvalue weighted by Crippen LogP contribution is 2.31. The number of amides is 1. The minimum absolute atomic E-state index is 0.153. The molecule has 4 aromatic rings. The molecule has 3 aromatic heterocycles. The number of esters is 1. The number of nitrogens with zero attached hydrogens (tertiary/aromatic N) is 2. The van der Waals surface area contributed by atoms with E-state index >= 15 is 0 Å². The van der Waals surface area contributed by atoms with E-state index in [1.807, 2.05) is 0 Å². The summed E-state index contributed by atoms with van der Waals surface area (Å²) < 4.78 is 15.8. The summed E-state index contributed by atoms with van der Waals surface area (Å²) in [5, 5.41) is 2.87. The average Bonchev–Trinajstić information content (AvgIpc) is 2.81. The lowest BCUT2D eigenvalue weighted by Gasteiger charge is -2.13. The molecule has 0 saturated heterocycles. The molecule has 9 nitrogen and oxygen atoms in total. The number of pyridine rings is 2. The van der Waals surface area contributed by atoms with Gasteiger partial charge < -0.3 is 13.9 Å². The van der Waals surface area contributed by atoms with Crippen molar-refractivity contribution >= 4 is 28.8 Å². The van der Waals surface area contributed by atoms with E-state index in [0.29, 0.717) is 10.9 Å². The molecule has 32 heavy (non-hydrogen) atoms. The number of fused-ring (bicyclic) bond motifs is 1. The van der Waals surface area contributed by atoms with Gasteiger partial charge in [0.2, 0.25) is 11.1 Å². The normalized spacial score (nSPS) is 10.5. The van der Waals surface area contributed by atoms with Crippen molar-refractivity contribution in [2.45, 2.75) is 6.92 Å². The van der Waals surface area contributed by atoms with Gasteiger partial charge in [0.1, 0.15) is 12.0 Å². The molecule has 0 aliphatic carbocycles. The van der Waals surface area contributed by atoms with Crippen molar-refractivity contribution in [1.82, 2.24) is 9.97 Å². The second-order valence-corrected chi connectivity index (χ2v) is 6.52.